The smallest absolute Gasteiger partial charge is 0.255 e. The maximum Gasteiger partial charge on any atom is 0.255 e. The first-order valence-corrected chi connectivity index (χ1v) is 8.26. The SMILES string of the molecule is CCN(c1ccc(C(=O)N2CCCC(NC)C2)cn1)C(C)C.Cl.Cl. The van der Waals surface area contributed by atoms with E-state index in [1.54, 1.807) is 6.20 Å². The quantitative estimate of drug-likeness (QED) is 0.857. The van der Waals surface area contributed by atoms with E-state index in [0.29, 0.717) is 17.6 Å². The first-order valence-electron chi connectivity index (χ1n) is 8.26. The van der Waals surface area contributed by atoms with Crippen LogP contribution >= 0.6 is 24.8 Å². The van der Waals surface area contributed by atoms with E-state index in [0.717, 1.165) is 38.3 Å². The Hall–Kier alpha value is -1.04. The number of likely N-dealkylation sites (tertiary alicyclic amines) is 1. The molecule has 1 aromatic heterocycles. The molecule has 0 radical (unpaired) electrons. The zero-order valence-corrected chi connectivity index (χ0v) is 16.6. The molecule has 1 aliphatic rings. The molecule has 1 atom stereocenters. The number of carbonyl (C=O) groups is 1. The summed E-state index contributed by atoms with van der Waals surface area (Å²) in [6.45, 7) is 8.95. The number of pyridine rings is 1. The van der Waals surface area contributed by atoms with E-state index in [1.165, 1.54) is 0 Å². The summed E-state index contributed by atoms with van der Waals surface area (Å²) in [6.07, 6.45) is 3.91. The summed E-state index contributed by atoms with van der Waals surface area (Å²) in [6, 6.07) is 4.66. The van der Waals surface area contributed by atoms with Crippen LogP contribution in [-0.4, -0.2) is 54.6 Å². The normalized spacial score (nSPS) is 17.0. The van der Waals surface area contributed by atoms with Gasteiger partial charge in [0.1, 0.15) is 5.82 Å². The number of nitrogens with zero attached hydrogens (tertiary/aromatic N) is 3. The van der Waals surface area contributed by atoms with Gasteiger partial charge in [-0.25, -0.2) is 4.98 Å². The largest absolute Gasteiger partial charge is 0.354 e. The van der Waals surface area contributed by atoms with E-state index < -0.39 is 0 Å². The van der Waals surface area contributed by atoms with Gasteiger partial charge < -0.3 is 15.1 Å². The summed E-state index contributed by atoms with van der Waals surface area (Å²) in [5.41, 5.74) is 0.681. The van der Waals surface area contributed by atoms with Gasteiger partial charge in [0.05, 0.1) is 5.56 Å². The molecule has 1 saturated heterocycles. The fourth-order valence-electron chi connectivity index (χ4n) is 3.05. The van der Waals surface area contributed by atoms with Crippen LogP contribution in [0.5, 0.6) is 0 Å². The molecule has 2 heterocycles. The Labute approximate surface area is 158 Å². The monoisotopic (exact) mass is 376 g/mol. The highest BCUT2D eigenvalue weighted by atomic mass is 35.5. The molecule has 5 nitrogen and oxygen atoms in total. The molecule has 0 aromatic carbocycles. The predicted octanol–water partition coefficient (Wildman–Crippen LogP) is 2.98. The number of piperidine rings is 1. The Balaban J connectivity index is 0.00000264. The van der Waals surface area contributed by atoms with Crippen molar-refractivity contribution in [2.24, 2.45) is 0 Å². The van der Waals surface area contributed by atoms with Gasteiger partial charge in [-0.1, -0.05) is 0 Å². The zero-order chi connectivity index (χ0) is 16.1. The first kappa shape index (κ1) is 23.0. The average molecular weight is 377 g/mol. The lowest BCUT2D eigenvalue weighted by atomic mass is 10.1. The van der Waals surface area contributed by atoms with Gasteiger partial charge in [-0.2, -0.15) is 0 Å². The summed E-state index contributed by atoms with van der Waals surface area (Å²) in [5, 5.41) is 3.27. The standard InChI is InChI=1S/C17H28N4O.2ClH/c1-5-21(13(2)3)16-9-8-14(11-19-16)17(22)20-10-6-7-15(12-20)18-4;;/h8-9,11,13,15,18H,5-7,10,12H2,1-4H3;2*1H. The number of amides is 1. The number of carbonyl (C=O) groups excluding carboxylic acids is 1. The second kappa shape index (κ2) is 10.7. The number of aromatic nitrogens is 1. The minimum atomic E-state index is 0. The second-order valence-corrected chi connectivity index (χ2v) is 6.16. The fourth-order valence-corrected chi connectivity index (χ4v) is 3.05. The molecule has 1 aliphatic heterocycles. The van der Waals surface area contributed by atoms with Gasteiger partial charge in [0, 0.05) is 37.9 Å². The number of rotatable bonds is 5. The summed E-state index contributed by atoms with van der Waals surface area (Å²) in [7, 11) is 1.96. The van der Waals surface area contributed by atoms with Crippen molar-refractivity contribution in [3.8, 4) is 0 Å². The van der Waals surface area contributed by atoms with E-state index in [2.05, 4.69) is 36.0 Å². The number of nitrogens with one attached hydrogen (secondary N) is 1. The molecule has 2 rings (SSSR count). The second-order valence-electron chi connectivity index (χ2n) is 6.16. The van der Waals surface area contributed by atoms with Crippen LogP contribution in [0.1, 0.15) is 44.0 Å². The molecule has 0 saturated carbocycles. The van der Waals surface area contributed by atoms with Crippen molar-refractivity contribution < 1.29 is 4.79 Å². The highest BCUT2D eigenvalue weighted by Crippen LogP contribution is 2.17. The van der Waals surface area contributed by atoms with Gasteiger partial charge in [-0.05, 0) is 52.8 Å². The zero-order valence-electron chi connectivity index (χ0n) is 15.0. The molecule has 0 aliphatic carbocycles. The molecule has 138 valence electrons. The summed E-state index contributed by atoms with van der Waals surface area (Å²) in [4.78, 5) is 21.2. The lowest BCUT2D eigenvalue weighted by molar-refractivity contribution is 0.0698. The molecular weight excluding hydrogens is 347 g/mol. The van der Waals surface area contributed by atoms with Crippen molar-refractivity contribution in [3.63, 3.8) is 0 Å². The Bertz CT molecular complexity index is 496. The lowest BCUT2D eigenvalue weighted by Crippen LogP contribution is -2.47. The Kier molecular flexibility index (Phi) is 10.3. The maximum atomic E-state index is 12.6. The molecule has 1 amide bonds. The van der Waals surface area contributed by atoms with Crippen LogP contribution in [-0.2, 0) is 0 Å². The van der Waals surface area contributed by atoms with Crippen molar-refractivity contribution >= 4 is 36.5 Å². The third-order valence-corrected chi connectivity index (χ3v) is 4.37. The van der Waals surface area contributed by atoms with Crippen molar-refractivity contribution in [1.82, 2.24) is 15.2 Å². The van der Waals surface area contributed by atoms with E-state index in [-0.39, 0.29) is 30.7 Å². The van der Waals surface area contributed by atoms with Crippen LogP contribution in [0.2, 0.25) is 0 Å². The van der Waals surface area contributed by atoms with Gasteiger partial charge in [0.15, 0.2) is 0 Å². The molecule has 1 fully saturated rings. The van der Waals surface area contributed by atoms with Crippen LogP contribution < -0.4 is 10.2 Å². The number of anilines is 1. The molecule has 24 heavy (non-hydrogen) atoms. The Morgan fingerprint density at radius 1 is 1.42 bits per heavy atom. The highest BCUT2D eigenvalue weighted by Gasteiger charge is 2.23. The highest BCUT2D eigenvalue weighted by molar-refractivity contribution is 5.94. The summed E-state index contributed by atoms with van der Waals surface area (Å²) < 4.78 is 0. The van der Waals surface area contributed by atoms with Crippen LogP contribution in [0.15, 0.2) is 18.3 Å². The summed E-state index contributed by atoms with van der Waals surface area (Å²) >= 11 is 0. The van der Waals surface area contributed by atoms with Crippen LogP contribution in [0.25, 0.3) is 0 Å². The number of hydrogen-bond acceptors (Lipinski definition) is 4. The Morgan fingerprint density at radius 3 is 2.62 bits per heavy atom. The van der Waals surface area contributed by atoms with Crippen molar-refractivity contribution in [3.05, 3.63) is 23.9 Å². The predicted molar refractivity (Wildman–Crippen MR) is 105 cm³/mol. The minimum absolute atomic E-state index is 0. The van der Waals surface area contributed by atoms with Crippen molar-refractivity contribution in [2.45, 2.75) is 45.7 Å². The van der Waals surface area contributed by atoms with E-state index in [9.17, 15) is 4.79 Å². The van der Waals surface area contributed by atoms with Gasteiger partial charge in [0.2, 0.25) is 0 Å². The van der Waals surface area contributed by atoms with Crippen LogP contribution in [0.3, 0.4) is 0 Å². The topological polar surface area (TPSA) is 48.5 Å². The number of hydrogen-bond donors (Lipinski definition) is 1. The minimum Gasteiger partial charge on any atom is -0.354 e. The Morgan fingerprint density at radius 2 is 2.12 bits per heavy atom. The van der Waals surface area contributed by atoms with Gasteiger partial charge >= 0.3 is 0 Å². The van der Waals surface area contributed by atoms with E-state index in [4.69, 9.17) is 0 Å². The van der Waals surface area contributed by atoms with E-state index in [1.807, 2.05) is 24.1 Å². The van der Waals surface area contributed by atoms with Gasteiger partial charge in [-0.15, -0.1) is 24.8 Å². The maximum absolute atomic E-state index is 12.6. The molecule has 0 bridgehead atoms. The fraction of sp³-hybridized carbons (Fsp3) is 0.647. The van der Waals surface area contributed by atoms with Crippen molar-refractivity contribution in [2.75, 3.05) is 31.6 Å². The summed E-state index contributed by atoms with van der Waals surface area (Å²) in [5.74, 6) is 1.02. The number of likely N-dealkylation sites (N-methyl/N-ethyl adjacent to an activating group) is 1. The third kappa shape index (κ3) is 5.50. The molecule has 1 N–H and O–H groups in total. The lowest BCUT2D eigenvalue weighted by Gasteiger charge is -2.32. The molecule has 1 unspecified atom stereocenters. The van der Waals surface area contributed by atoms with Gasteiger partial charge in [-0.3, -0.25) is 4.79 Å². The van der Waals surface area contributed by atoms with Gasteiger partial charge in [0.25, 0.3) is 5.91 Å². The van der Waals surface area contributed by atoms with E-state index >= 15 is 0 Å². The first-order chi connectivity index (χ1) is 10.6. The molecule has 0 spiro atoms. The third-order valence-electron chi connectivity index (χ3n) is 4.37. The average Bonchev–Trinajstić information content (AvgIpc) is 2.55. The van der Waals surface area contributed by atoms with Crippen LogP contribution in [0.4, 0.5) is 5.82 Å². The van der Waals surface area contributed by atoms with Crippen LogP contribution in [0, 0.1) is 0 Å². The number of halogens is 2. The molecular formula is C17H30Cl2N4O. The molecule has 1 aromatic rings. The molecule has 7 heteroatoms. The van der Waals surface area contributed by atoms with Crippen molar-refractivity contribution in [1.29, 1.82) is 0 Å².